The number of aryl methyl sites for hydroxylation is 1. The number of nitrogens with one attached hydrogen (secondary N) is 1. The molecule has 100 valence electrons. The van der Waals surface area contributed by atoms with E-state index < -0.39 is 0 Å². The first-order chi connectivity index (χ1) is 9.28. The molecule has 1 heterocycles. The number of thiophene rings is 1. The van der Waals surface area contributed by atoms with Crippen molar-refractivity contribution >= 4 is 28.6 Å². The second-order valence-corrected chi connectivity index (χ2v) is 6.14. The highest BCUT2D eigenvalue weighted by atomic mass is 35.5. The van der Waals surface area contributed by atoms with Gasteiger partial charge in [0.15, 0.2) is 0 Å². The molecule has 1 aromatic carbocycles. The van der Waals surface area contributed by atoms with Crippen molar-refractivity contribution in [2.45, 2.75) is 25.3 Å². The Hall–Kier alpha value is -1.19. The van der Waals surface area contributed by atoms with Crippen LogP contribution in [0.4, 0.5) is 5.69 Å². The predicted molar refractivity (Wildman–Crippen MR) is 81.6 cm³/mol. The highest BCUT2D eigenvalue weighted by Crippen LogP contribution is 2.37. The van der Waals surface area contributed by atoms with Gasteiger partial charge >= 0.3 is 0 Å². The topological polar surface area (TPSA) is 21.3 Å². The van der Waals surface area contributed by atoms with Gasteiger partial charge in [0.2, 0.25) is 0 Å². The first kappa shape index (κ1) is 12.8. The molecule has 19 heavy (non-hydrogen) atoms. The Kier molecular flexibility index (Phi) is 3.67. The Bertz CT molecular complexity index is 581. The molecular formula is C15H16ClNOS. The van der Waals surface area contributed by atoms with Gasteiger partial charge in [-0.25, -0.2) is 0 Å². The number of benzene rings is 1. The quantitative estimate of drug-likeness (QED) is 0.869. The van der Waals surface area contributed by atoms with Crippen molar-refractivity contribution in [2.24, 2.45) is 0 Å². The van der Waals surface area contributed by atoms with Gasteiger partial charge in [-0.3, -0.25) is 0 Å². The first-order valence-electron chi connectivity index (χ1n) is 6.44. The van der Waals surface area contributed by atoms with Crippen molar-refractivity contribution in [1.82, 2.24) is 0 Å². The molecular weight excluding hydrogens is 278 g/mol. The van der Waals surface area contributed by atoms with Crippen LogP contribution in [0, 0.1) is 0 Å². The molecule has 1 aromatic heterocycles. The van der Waals surface area contributed by atoms with Crippen LogP contribution in [0.2, 0.25) is 5.02 Å². The lowest BCUT2D eigenvalue weighted by molar-refractivity contribution is 0.415. The number of methoxy groups -OCH3 is 1. The molecule has 1 aliphatic rings. The summed E-state index contributed by atoms with van der Waals surface area (Å²) >= 11 is 8.11. The molecule has 2 nitrogen and oxygen atoms in total. The van der Waals surface area contributed by atoms with Crippen molar-refractivity contribution in [3.05, 3.63) is 45.1 Å². The van der Waals surface area contributed by atoms with Gasteiger partial charge in [0.05, 0.1) is 23.9 Å². The largest absolute Gasteiger partial charge is 0.497 e. The summed E-state index contributed by atoms with van der Waals surface area (Å²) in [6.07, 6.45) is 3.58. The Labute approximate surface area is 122 Å². The zero-order valence-corrected chi connectivity index (χ0v) is 12.4. The number of hydrogen-bond donors (Lipinski definition) is 1. The third-order valence-corrected chi connectivity index (χ3v) is 4.88. The molecule has 0 aliphatic heterocycles. The van der Waals surface area contributed by atoms with Crippen LogP contribution >= 0.6 is 22.9 Å². The van der Waals surface area contributed by atoms with Gasteiger partial charge < -0.3 is 10.1 Å². The summed E-state index contributed by atoms with van der Waals surface area (Å²) < 4.78 is 5.26. The molecule has 3 rings (SSSR count). The third kappa shape index (κ3) is 2.58. The second-order valence-electron chi connectivity index (χ2n) is 4.73. The number of anilines is 1. The molecule has 1 unspecified atom stereocenters. The summed E-state index contributed by atoms with van der Waals surface area (Å²) in [6, 6.07) is 8.30. The normalized spacial score (nSPS) is 17.9. The summed E-state index contributed by atoms with van der Waals surface area (Å²) in [5.41, 5.74) is 2.38. The van der Waals surface area contributed by atoms with Crippen molar-refractivity contribution in [2.75, 3.05) is 12.4 Å². The molecule has 0 saturated carbocycles. The van der Waals surface area contributed by atoms with E-state index in [4.69, 9.17) is 16.3 Å². The zero-order chi connectivity index (χ0) is 13.2. The van der Waals surface area contributed by atoms with Crippen molar-refractivity contribution in [3.8, 4) is 5.75 Å². The Morgan fingerprint density at radius 2 is 2.26 bits per heavy atom. The van der Waals surface area contributed by atoms with E-state index in [9.17, 15) is 0 Å². The number of rotatable bonds is 3. The summed E-state index contributed by atoms with van der Waals surface area (Å²) in [6.45, 7) is 0. The molecule has 2 aromatic rings. The number of ether oxygens (including phenoxy) is 1. The van der Waals surface area contributed by atoms with E-state index in [0.717, 1.165) is 22.9 Å². The Morgan fingerprint density at radius 3 is 3.11 bits per heavy atom. The maximum absolute atomic E-state index is 6.26. The second kappa shape index (κ2) is 5.43. The molecule has 1 N–H and O–H groups in total. The fraction of sp³-hybridized carbons (Fsp3) is 0.333. The lowest BCUT2D eigenvalue weighted by Gasteiger charge is -2.25. The fourth-order valence-electron chi connectivity index (χ4n) is 2.57. The minimum atomic E-state index is 0.361. The molecule has 4 heteroatoms. The van der Waals surface area contributed by atoms with Crippen LogP contribution in [0.15, 0.2) is 29.6 Å². The van der Waals surface area contributed by atoms with E-state index in [0.29, 0.717) is 6.04 Å². The van der Waals surface area contributed by atoms with Gasteiger partial charge in [0.1, 0.15) is 5.75 Å². The average molecular weight is 294 g/mol. The highest BCUT2D eigenvalue weighted by molar-refractivity contribution is 7.10. The van der Waals surface area contributed by atoms with Crippen LogP contribution in [0.25, 0.3) is 0 Å². The molecule has 0 spiro atoms. The fourth-order valence-corrected chi connectivity index (χ4v) is 3.73. The molecule has 0 fully saturated rings. The lowest BCUT2D eigenvalue weighted by atomic mass is 9.94. The van der Waals surface area contributed by atoms with E-state index in [1.54, 1.807) is 7.11 Å². The molecule has 0 amide bonds. The maximum atomic E-state index is 6.26. The maximum Gasteiger partial charge on any atom is 0.121 e. The van der Waals surface area contributed by atoms with Crippen LogP contribution in [0.5, 0.6) is 5.75 Å². The SMILES string of the molecule is COc1ccc(Cl)c(NC2CCCc3sccc32)c1. The van der Waals surface area contributed by atoms with Crippen molar-refractivity contribution in [1.29, 1.82) is 0 Å². The minimum absolute atomic E-state index is 0.361. The van der Waals surface area contributed by atoms with E-state index in [1.165, 1.54) is 23.3 Å². The van der Waals surface area contributed by atoms with Crippen LogP contribution in [-0.4, -0.2) is 7.11 Å². The number of fused-ring (bicyclic) bond motifs is 1. The molecule has 0 bridgehead atoms. The Balaban J connectivity index is 1.87. The van der Waals surface area contributed by atoms with Gasteiger partial charge in [-0.2, -0.15) is 0 Å². The van der Waals surface area contributed by atoms with Crippen LogP contribution in [0.3, 0.4) is 0 Å². The first-order valence-corrected chi connectivity index (χ1v) is 7.70. The van der Waals surface area contributed by atoms with E-state index in [-0.39, 0.29) is 0 Å². The molecule has 1 atom stereocenters. The lowest BCUT2D eigenvalue weighted by Crippen LogP contribution is -2.15. The summed E-state index contributed by atoms with van der Waals surface area (Å²) in [7, 11) is 1.67. The number of hydrogen-bond acceptors (Lipinski definition) is 3. The van der Waals surface area contributed by atoms with Gasteiger partial charge in [0.25, 0.3) is 0 Å². The summed E-state index contributed by atoms with van der Waals surface area (Å²) in [5.74, 6) is 0.827. The van der Waals surface area contributed by atoms with E-state index >= 15 is 0 Å². The van der Waals surface area contributed by atoms with Crippen molar-refractivity contribution in [3.63, 3.8) is 0 Å². The summed E-state index contributed by atoms with van der Waals surface area (Å²) in [4.78, 5) is 1.50. The Morgan fingerprint density at radius 1 is 1.37 bits per heavy atom. The zero-order valence-electron chi connectivity index (χ0n) is 10.8. The standard InChI is InChI=1S/C15H16ClNOS/c1-18-10-5-6-12(16)14(9-10)17-13-3-2-4-15-11(13)7-8-19-15/h5-9,13,17H,2-4H2,1H3. The van der Waals surface area contributed by atoms with Gasteiger partial charge in [0, 0.05) is 10.9 Å². The van der Waals surface area contributed by atoms with Crippen LogP contribution < -0.4 is 10.1 Å². The number of halogens is 1. The van der Waals surface area contributed by atoms with Crippen LogP contribution in [0.1, 0.15) is 29.3 Å². The van der Waals surface area contributed by atoms with E-state index in [2.05, 4.69) is 16.8 Å². The monoisotopic (exact) mass is 293 g/mol. The average Bonchev–Trinajstić information content (AvgIpc) is 2.90. The molecule has 0 radical (unpaired) electrons. The summed E-state index contributed by atoms with van der Waals surface area (Å²) in [5, 5.41) is 6.48. The minimum Gasteiger partial charge on any atom is -0.497 e. The highest BCUT2D eigenvalue weighted by Gasteiger charge is 2.21. The van der Waals surface area contributed by atoms with Gasteiger partial charge in [-0.05, 0) is 48.4 Å². The van der Waals surface area contributed by atoms with Gasteiger partial charge in [-0.15, -0.1) is 11.3 Å². The molecule has 1 aliphatic carbocycles. The van der Waals surface area contributed by atoms with E-state index in [1.807, 2.05) is 29.5 Å². The molecule has 0 saturated heterocycles. The van der Waals surface area contributed by atoms with Crippen molar-refractivity contribution < 1.29 is 4.74 Å². The van der Waals surface area contributed by atoms with Gasteiger partial charge in [-0.1, -0.05) is 11.6 Å². The third-order valence-electron chi connectivity index (χ3n) is 3.56. The van der Waals surface area contributed by atoms with Crippen LogP contribution in [-0.2, 0) is 6.42 Å². The smallest absolute Gasteiger partial charge is 0.121 e. The predicted octanol–water partition coefficient (Wildman–Crippen LogP) is 4.90.